The van der Waals surface area contributed by atoms with Crippen molar-refractivity contribution in [3.63, 3.8) is 0 Å². The van der Waals surface area contributed by atoms with E-state index in [-0.39, 0.29) is 11.6 Å². The standard InChI is InChI=1S/C17H18FN7/c18-11-5-1-9(2-6-11)8-21-17-22-15(14(19)16(20)23-17)13-7-12(24-25-13)10-3-4-10/h1-2,5-7,10H,3-4,8,19H2,(H,24,25)(H3,20,21,22,23). The summed E-state index contributed by atoms with van der Waals surface area (Å²) < 4.78 is 13.0. The Balaban J connectivity index is 1.58. The Hall–Kier alpha value is -3.16. The molecule has 1 fully saturated rings. The van der Waals surface area contributed by atoms with Gasteiger partial charge in [-0.15, -0.1) is 0 Å². The lowest BCUT2D eigenvalue weighted by Crippen LogP contribution is -2.09. The second-order valence-electron chi connectivity index (χ2n) is 6.16. The van der Waals surface area contributed by atoms with Gasteiger partial charge in [0.15, 0.2) is 5.82 Å². The molecule has 2 heterocycles. The van der Waals surface area contributed by atoms with Gasteiger partial charge in [0.2, 0.25) is 5.95 Å². The quantitative estimate of drug-likeness (QED) is 0.567. The summed E-state index contributed by atoms with van der Waals surface area (Å²) in [6.07, 6.45) is 2.35. The van der Waals surface area contributed by atoms with Crippen molar-refractivity contribution in [2.75, 3.05) is 16.8 Å². The van der Waals surface area contributed by atoms with Crippen LogP contribution in [0, 0.1) is 5.82 Å². The van der Waals surface area contributed by atoms with Crippen molar-refractivity contribution >= 4 is 17.5 Å². The average molecular weight is 339 g/mol. The van der Waals surface area contributed by atoms with Crippen LogP contribution < -0.4 is 16.8 Å². The molecule has 0 amide bonds. The second-order valence-corrected chi connectivity index (χ2v) is 6.16. The molecular weight excluding hydrogens is 321 g/mol. The molecule has 6 N–H and O–H groups in total. The third-order valence-electron chi connectivity index (χ3n) is 4.20. The fraction of sp³-hybridized carbons (Fsp3) is 0.235. The van der Waals surface area contributed by atoms with Gasteiger partial charge in [0, 0.05) is 18.2 Å². The first-order valence-electron chi connectivity index (χ1n) is 8.07. The lowest BCUT2D eigenvalue weighted by atomic mass is 10.2. The highest BCUT2D eigenvalue weighted by Crippen LogP contribution is 2.40. The first-order valence-corrected chi connectivity index (χ1v) is 8.07. The number of nitrogens with two attached hydrogens (primary N) is 2. The van der Waals surface area contributed by atoms with Gasteiger partial charge in [-0.2, -0.15) is 10.1 Å². The van der Waals surface area contributed by atoms with Crippen LogP contribution in [0.3, 0.4) is 0 Å². The highest BCUT2D eigenvalue weighted by Gasteiger charge is 2.26. The Morgan fingerprint density at radius 1 is 1.16 bits per heavy atom. The van der Waals surface area contributed by atoms with Crippen molar-refractivity contribution in [2.24, 2.45) is 0 Å². The molecule has 25 heavy (non-hydrogen) atoms. The highest BCUT2D eigenvalue weighted by molar-refractivity contribution is 5.79. The molecule has 0 aliphatic heterocycles. The van der Waals surface area contributed by atoms with Gasteiger partial charge in [0.05, 0.1) is 0 Å². The molecular formula is C17H18FN7. The number of nitrogens with one attached hydrogen (secondary N) is 2. The van der Waals surface area contributed by atoms with Gasteiger partial charge < -0.3 is 16.8 Å². The monoisotopic (exact) mass is 339 g/mol. The number of rotatable bonds is 5. The van der Waals surface area contributed by atoms with Crippen LogP contribution in [0.15, 0.2) is 30.3 Å². The molecule has 0 radical (unpaired) electrons. The van der Waals surface area contributed by atoms with Crippen molar-refractivity contribution in [3.05, 3.63) is 47.4 Å². The van der Waals surface area contributed by atoms with Crippen LogP contribution in [-0.2, 0) is 6.54 Å². The predicted molar refractivity (Wildman–Crippen MR) is 94.1 cm³/mol. The number of hydrogen-bond acceptors (Lipinski definition) is 6. The first kappa shape index (κ1) is 15.4. The van der Waals surface area contributed by atoms with Gasteiger partial charge in [0.25, 0.3) is 0 Å². The van der Waals surface area contributed by atoms with E-state index < -0.39 is 0 Å². The first-order chi connectivity index (χ1) is 12.1. The Bertz CT molecular complexity index is 900. The van der Waals surface area contributed by atoms with Crippen LogP contribution in [0.5, 0.6) is 0 Å². The third-order valence-corrected chi connectivity index (χ3v) is 4.20. The summed E-state index contributed by atoms with van der Waals surface area (Å²) in [5.74, 6) is 0.825. The minimum absolute atomic E-state index is 0.197. The number of nitrogen functional groups attached to an aromatic ring is 2. The molecule has 0 bridgehead atoms. The van der Waals surface area contributed by atoms with Crippen LogP contribution in [0.2, 0.25) is 0 Å². The van der Waals surface area contributed by atoms with E-state index in [0.29, 0.717) is 35.5 Å². The fourth-order valence-electron chi connectivity index (χ4n) is 2.61. The molecule has 4 rings (SSSR count). The van der Waals surface area contributed by atoms with Crippen LogP contribution in [0.1, 0.15) is 30.0 Å². The van der Waals surface area contributed by atoms with E-state index in [1.165, 1.54) is 25.0 Å². The second kappa shape index (κ2) is 6.04. The van der Waals surface area contributed by atoms with Crippen LogP contribution in [-0.4, -0.2) is 20.2 Å². The van der Waals surface area contributed by atoms with Crippen molar-refractivity contribution in [3.8, 4) is 11.4 Å². The molecule has 0 spiro atoms. The van der Waals surface area contributed by atoms with Crippen LogP contribution >= 0.6 is 0 Å². The number of benzene rings is 1. The molecule has 0 atom stereocenters. The Labute approximate surface area is 143 Å². The van der Waals surface area contributed by atoms with Gasteiger partial charge >= 0.3 is 0 Å². The lowest BCUT2D eigenvalue weighted by Gasteiger charge is -2.10. The van der Waals surface area contributed by atoms with Crippen molar-refractivity contribution < 1.29 is 4.39 Å². The Morgan fingerprint density at radius 2 is 1.92 bits per heavy atom. The van der Waals surface area contributed by atoms with Crippen LogP contribution in [0.25, 0.3) is 11.4 Å². The number of hydrogen-bond donors (Lipinski definition) is 4. The maximum atomic E-state index is 13.0. The molecule has 3 aromatic rings. The van der Waals surface area contributed by atoms with Gasteiger partial charge in [0.1, 0.15) is 22.9 Å². The fourth-order valence-corrected chi connectivity index (χ4v) is 2.61. The van der Waals surface area contributed by atoms with Gasteiger partial charge in [-0.25, -0.2) is 9.37 Å². The summed E-state index contributed by atoms with van der Waals surface area (Å²) in [7, 11) is 0. The maximum Gasteiger partial charge on any atom is 0.225 e. The van der Waals surface area contributed by atoms with E-state index in [2.05, 4.69) is 25.5 Å². The number of aromatic nitrogens is 4. The molecule has 1 aromatic carbocycles. The highest BCUT2D eigenvalue weighted by atomic mass is 19.1. The third kappa shape index (κ3) is 3.23. The van der Waals surface area contributed by atoms with E-state index >= 15 is 0 Å². The molecule has 0 saturated heterocycles. The zero-order valence-electron chi connectivity index (χ0n) is 13.5. The van der Waals surface area contributed by atoms with Crippen LogP contribution in [0.4, 0.5) is 21.8 Å². The summed E-state index contributed by atoms with van der Waals surface area (Å²) in [6, 6.07) is 8.16. The SMILES string of the molecule is Nc1nc(NCc2ccc(F)cc2)nc(-c2cc(C3CC3)[nH]n2)c1N. The molecule has 2 aromatic heterocycles. The maximum absolute atomic E-state index is 13.0. The topological polar surface area (TPSA) is 119 Å². The summed E-state index contributed by atoms with van der Waals surface area (Å²) in [6.45, 7) is 0.441. The molecule has 1 aliphatic carbocycles. The Kier molecular flexibility index (Phi) is 3.72. The number of anilines is 3. The van der Waals surface area contributed by atoms with E-state index in [1.54, 1.807) is 12.1 Å². The van der Waals surface area contributed by atoms with E-state index in [0.717, 1.165) is 11.3 Å². The predicted octanol–water partition coefficient (Wildman–Crippen LogP) is 2.66. The van der Waals surface area contributed by atoms with Crippen molar-refractivity contribution in [1.29, 1.82) is 0 Å². The molecule has 1 saturated carbocycles. The van der Waals surface area contributed by atoms with E-state index in [4.69, 9.17) is 11.5 Å². The van der Waals surface area contributed by atoms with Crippen molar-refractivity contribution in [2.45, 2.75) is 25.3 Å². The van der Waals surface area contributed by atoms with Crippen molar-refractivity contribution in [1.82, 2.24) is 20.2 Å². The summed E-state index contributed by atoms with van der Waals surface area (Å²) >= 11 is 0. The van der Waals surface area contributed by atoms with E-state index in [9.17, 15) is 4.39 Å². The normalized spacial score (nSPS) is 13.8. The Morgan fingerprint density at radius 3 is 2.64 bits per heavy atom. The minimum Gasteiger partial charge on any atom is -0.394 e. The summed E-state index contributed by atoms with van der Waals surface area (Å²) in [5, 5.41) is 10.4. The molecule has 8 heteroatoms. The molecule has 128 valence electrons. The average Bonchev–Trinajstić information content (AvgIpc) is 3.35. The smallest absolute Gasteiger partial charge is 0.225 e. The largest absolute Gasteiger partial charge is 0.394 e. The summed E-state index contributed by atoms with van der Waals surface area (Å²) in [5.41, 5.74) is 15.4. The molecule has 1 aliphatic rings. The zero-order chi connectivity index (χ0) is 17.4. The van der Waals surface area contributed by atoms with Gasteiger partial charge in [-0.05, 0) is 36.6 Å². The zero-order valence-corrected chi connectivity index (χ0v) is 13.5. The number of halogens is 1. The minimum atomic E-state index is -0.274. The summed E-state index contributed by atoms with van der Waals surface area (Å²) in [4.78, 5) is 8.61. The van der Waals surface area contributed by atoms with E-state index in [1.807, 2.05) is 6.07 Å². The van der Waals surface area contributed by atoms with Gasteiger partial charge in [-0.1, -0.05) is 12.1 Å². The molecule has 0 unspecified atom stereocenters. The number of aromatic amines is 1. The molecule has 7 nitrogen and oxygen atoms in total. The number of H-pyrrole nitrogens is 1. The number of nitrogens with zero attached hydrogens (tertiary/aromatic N) is 3. The lowest BCUT2D eigenvalue weighted by molar-refractivity contribution is 0.627. The van der Waals surface area contributed by atoms with Gasteiger partial charge in [-0.3, -0.25) is 5.10 Å².